The molecule has 0 saturated carbocycles. The van der Waals surface area contributed by atoms with Crippen LogP contribution in [-0.2, 0) is 0 Å². The summed E-state index contributed by atoms with van der Waals surface area (Å²) in [7, 11) is 0. The SMILES string of the molecule is CC[C@@](C)(O)CCC[C@H](C)CCC[C@@H](C)CCCC(C)C. The Bertz CT molecular complexity index is 232. The van der Waals surface area contributed by atoms with Gasteiger partial charge in [0.1, 0.15) is 0 Å². The minimum atomic E-state index is -0.440. The van der Waals surface area contributed by atoms with Gasteiger partial charge in [0.25, 0.3) is 0 Å². The summed E-state index contributed by atoms with van der Waals surface area (Å²) in [6.45, 7) is 13.5. The van der Waals surface area contributed by atoms with Crippen molar-refractivity contribution in [3.05, 3.63) is 0 Å². The van der Waals surface area contributed by atoms with Gasteiger partial charge < -0.3 is 5.11 Å². The van der Waals surface area contributed by atoms with Gasteiger partial charge in [0, 0.05) is 0 Å². The van der Waals surface area contributed by atoms with E-state index in [-0.39, 0.29) is 0 Å². The summed E-state index contributed by atoms with van der Waals surface area (Å²) in [4.78, 5) is 0. The Morgan fingerprint density at radius 1 is 0.762 bits per heavy atom. The molecule has 0 bridgehead atoms. The molecule has 0 amide bonds. The zero-order valence-corrected chi connectivity index (χ0v) is 15.8. The first-order chi connectivity index (χ1) is 9.76. The second-order valence-corrected chi connectivity index (χ2v) is 8.21. The van der Waals surface area contributed by atoms with Crippen LogP contribution in [0.25, 0.3) is 0 Å². The highest BCUT2D eigenvalue weighted by atomic mass is 16.3. The van der Waals surface area contributed by atoms with Crippen LogP contribution in [0.4, 0.5) is 0 Å². The Hall–Kier alpha value is -0.0400. The third-order valence-corrected chi connectivity index (χ3v) is 5.05. The lowest BCUT2D eigenvalue weighted by molar-refractivity contribution is 0.0432. The predicted molar refractivity (Wildman–Crippen MR) is 95.6 cm³/mol. The molecule has 0 heterocycles. The van der Waals surface area contributed by atoms with E-state index in [4.69, 9.17) is 0 Å². The fourth-order valence-corrected chi connectivity index (χ4v) is 2.99. The molecule has 0 spiro atoms. The third kappa shape index (κ3) is 13.4. The zero-order valence-electron chi connectivity index (χ0n) is 15.8. The fourth-order valence-electron chi connectivity index (χ4n) is 2.99. The van der Waals surface area contributed by atoms with Crippen molar-refractivity contribution < 1.29 is 5.11 Å². The monoisotopic (exact) mass is 298 g/mol. The van der Waals surface area contributed by atoms with Crippen molar-refractivity contribution in [2.45, 2.75) is 111 Å². The quantitative estimate of drug-likeness (QED) is 0.407. The molecular weight excluding hydrogens is 256 g/mol. The molecule has 0 aromatic carbocycles. The molecule has 0 rings (SSSR count). The lowest BCUT2D eigenvalue weighted by atomic mass is 9.90. The van der Waals surface area contributed by atoms with Crippen molar-refractivity contribution in [1.82, 2.24) is 0 Å². The van der Waals surface area contributed by atoms with Crippen LogP contribution in [0.15, 0.2) is 0 Å². The van der Waals surface area contributed by atoms with Crippen molar-refractivity contribution in [2.75, 3.05) is 0 Å². The minimum absolute atomic E-state index is 0.440. The molecular formula is C20H42O. The minimum Gasteiger partial charge on any atom is -0.390 e. The Labute approximate surface area is 134 Å². The maximum absolute atomic E-state index is 10.0. The van der Waals surface area contributed by atoms with Gasteiger partial charge in [0.05, 0.1) is 5.60 Å². The molecule has 1 N–H and O–H groups in total. The van der Waals surface area contributed by atoms with Gasteiger partial charge in [-0.1, -0.05) is 86.0 Å². The lowest BCUT2D eigenvalue weighted by Gasteiger charge is -2.22. The van der Waals surface area contributed by atoms with Crippen molar-refractivity contribution in [3.63, 3.8) is 0 Å². The van der Waals surface area contributed by atoms with Gasteiger partial charge in [-0.15, -0.1) is 0 Å². The van der Waals surface area contributed by atoms with Crippen molar-refractivity contribution in [2.24, 2.45) is 17.8 Å². The standard InChI is InChI=1S/C20H42O/c1-7-20(6,21)16-10-15-19(5)14-9-13-18(4)12-8-11-17(2)3/h17-19,21H,7-16H2,1-6H3/t18-,19+,20+/m0/s1. The largest absolute Gasteiger partial charge is 0.390 e. The first-order valence-electron chi connectivity index (χ1n) is 9.49. The number of hydrogen-bond donors (Lipinski definition) is 1. The maximum Gasteiger partial charge on any atom is 0.0617 e. The van der Waals surface area contributed by atoms with Crippen molar-refractivity contribution in [1.29, 1.82) is 0 Å². The van der Waals surface area contributed by atoms with Crippen LogP contribution in [0.1, 0.15) is 106 Å². The zero-order chi connectivity index (χ0) is 16.3. The normalized spacial score (nSPS) is 17.7. The van der Waals surface area contributed by atoms with Gasteiger partial charge in [0.2, 0.25) is 0 Å². The fraction of sp³-hybridized carbons (Fsp3) is 1.00. The molecule has 0 saturated heterocycles. The molecule has 0 unspecified atom stereocenters. The first kappa shape index (κ1) is 21.0. The first-order valence-corrected chi connectivity index (χ1v) is 9.49. The summed E-state index contributed by atoms with van der Waals surface area (Å²) in [5.41, 5.74) is -0.440. The Morgan fingerprint density at radius 3 is 1.62 bits per heavy atom. The average Bonchev–Trinajstić information content (AvgIpc) is 2.38. The van der Waals surface area contributed by atoms with E-state index in [1.807, 2.05) is 6.92 Å². The van der Waals surface area contributed by atoms with Crippen LogP contribution in [0.5, 0.6) is 0 Å². The van der Waals surface area contributed by atoms with E-state index in [1.54, 1.807) is 0 Å². The molecule has 0 aliphatic carbocycles. The molecule has 128 valence electrons. The van der Waals surface area contributed by atoms with Crippen LogP contribution in [0.3, 0.4) is 0 Å². The number of hydrogen-bond acceptors (Lipinski definition) is 1. The number of rotatable bonds is 13. The van der Waals surface area contributed by atoms with Gasteiger partial charge in [0.15, 0.2) is 0 Å². The summed E-state index contributed by atoms with van der Waals surface area (Å²) in [5, 5.41) is 10.0. The van der Waals surface area contributed by atoms with E-state index >= 15 is 0 Å². The highest BCUT2D eigenvalue weighted by Crippen LogP contribution is 2.23. The van der Waals surface area contributed by atoms with E-state index < -0.39 is 5.60 Å². The second-order valence-electron chi connectivity index (χ2n) is 8.21. The molecule has 0 aromatic rings. The Balaban J connectivity index is 3.54. The Morgan fingerprint density at radius 2 is 1.19 bits per heavy atom. The highest BCUT2D eigenvalue weighted by Gasteiger charge is 2.17. The average molecular weight is 299 g/mol. The molecule has 0 fully saturated rings. The molecule has 1 heteroatoms. The second kappa shape index (κ2) is 11.5. The van der Waals surface area contributed by atoms with Gasteiger partial charge in [-0.2, -0.15) is 0 Å². The van der Waals surface area contributed by atoms with Crippen LogP contribution in [-0.4, -0.2) is 10.7 Å². The van der Waals surface area contributed by atoms with E-state index in [1.165, 1.54) is 51.4 Å². The van der Waals surface area contributed by atoms with E-state index in [0.717, 1.165) is 30.6 Å². The smallest absolute Gasteiger partial charge is 0.0617 e. The summed E-state index contributed by atoms with van der Waals surface area (Å²) in [6.07, 6.45) is 12.6. The summed E-state index contributed by atoms with van der Waals surface area (Å²) < 4.78 is 0. The number of aliphatic hydroxyl groups is 1. The van der Waals surface area contributed by atoms with Crippen LogP contribution in [0, 0.1) is 17.8 Å². The highest BCUT2D eigenvalue weighted by molar-refractivity contribution is 4.70. The van der Waals surface area contributed by atoms with Crippen LogP contribution in [0.2, 0.25) is 0 Å². The Kier molecular flexibility index (Phi) is 11.5. The molecule has 3 atom stereocenters. The van der Waals surface area contributed by atoms with Gasteiger partial charge in [-0.3, -0.25) is 0 Å². The van der Waals surface area contributed by atoms with Crippen LogP contribution >= 0.6 is 0 Å². The molecule has 0 aliphatic rings. The van der Waals surface area contributed by atoms with E-state index in [0.29, 0.717) is 0 Å². The van der Waals surface area contributed by atoms with Crippen molar-refractivity contribution >= 4 is 0 Å². The topological polar surface area (TPSA) is 20.2 Å². The molecule has 0 radical (unpaired) electrons. The molecule has 0 aromatic heterocycles. The lowest BCUT2D eigenvalue weighted by Crippen LogP contribution is -2.22. The summed E-state index contributed by atoms with van der Waals surface area (Å²) in [6, 6.07) is 0. The maximum atomic E-state index is 10.0. The predicted octanol–water partition coefficient (Wildman–Crippen LogP) is 6.59. The third-order valence-electron chi connectivity index (χ3n) is 5.05. The van der Waals surface area contributed by atoms with E-state index in [9.17, 15) is 5.11 Å². The van der Waals surface area contributed by atoms with E-state index in [2.05, 4.69) is 34.6 Å². The molecule has 0 aliphatic heterocycles. The van der Waals surface area contributed by atoms with Crippen LogP contribution < -0.4 is 0 Å². The summed E-state index contributed by atoms with van der Waals surface area (Å²) in [5.74, 6) is 2.58. The summed E-state index contributed by atoms with van der Waals surface area (Å²) >= 11 is 0. The van der Waals surface area contributed by atoms with Crippen molar-refractivity contribution in [3.8, 4) is 0 Å². The van der Waals surface area contributed by atoms with Gasteiger partial charge in [-0.05, 0) is 37.5 Å². The molecule has 21 heavy (non-hydrogen) atoms. The molecule has 1 nitrogen and oxygen atoms in total. The van der Waals surface area contributed by atoms with Gasteiger partial charge >= 0.3 is 0 Å². The van der Waals surface area contributed by atoms with Gasteiger partial charge in [-0.25, -0.2) is 0 Å².